The fraction of sp³-hybridized carbons (Fsp3) is 0.0204. The van der Waals surface area contributed by atoms with Gasteiger partial charge in [-0.25, -0.2) is 0 Å². The van der Waals surface area contributed by atoms with Gasteiger partial charge in [-0.2, -0.15) is 0 Å². The van der Waals surface area contributed by atoms with Crippen molar-refractivity contribution in [3.8, 4) is 44.8 Å². The van der Waals surface area contributed by atoms with Gasteiger partial charge in [0, 0.05) is 38.4 Å². The average molecular weight is 689 g/mol. The number of nitrogens with zero attached hydrogens (tertiary/aromatic N) is 2. The third-order valence-corrected chi connectivity index (χ3v) is 8.83. The van der Waals surface area contributed by atoms with Gasteiger partial charge in [0.25, 0.3) is 0 Å². The highest BCUT2D eigenvalue weighted by molar-refractivity contribution is 6.73. The van der Waals surface area contributed by atoms with Gasteiger partial charge < -0.3 is 9.13 Å². The molecule has 10 aromatic rings. The van der Waals surface area contributed by atoms with Crippen molar-refractivity contribution in [2.45, 2.75) is 6.92 Å². The van der Waals surface area contributed by atoms with Crippen LogP contribution in [0.2, 0.25) is 0 Å². The van der Waals surface area contributed by atoms with Gasteiger partial charge in [-0.1, -0.05) is 155 Å². The molecule has 0 unspecified atom stereocenters. The number of hydrogen-bond acceptors (Lipinski definition) is 0. The Kier molecular flexibility index (Phi) is 2.71. The van der Waals surface area contributed by atoms with E-state index in [9.17, 15) is 24.7 Å². The second kappa shape index (κ2) is 11.2. The summed E-state index contributed by atoms with van der Waals surface area (Å²) in [5.41, 5.74) is -7.75. The van der Waals surface area contributed by atoms with Crippen LogP contribution in [0.15, 0.2) is 175 Å². The van der Waals surface area contributed by atoms with E-state index in [0.717, 1.165) is 16.4 Å². The smallest absolute Gasteiger partial charge is 0.197 e. The summed E-state index contributed by atoms with van der Waals surface area (Å²) in [6.07, 6.45) is 0. The van der Waals surface area contributed by atoms with Crippen molar-refractivity contribution in [2.75, 3.05) is 0 Å². The first kappa shape index (κ1) is 12.6. The Balaban J connectivity index is 1.33. The molecule has 2 aromatic heterocycles. The van der Waals surface area contributed by atoms with Crippen LogP contribution in [-0.4, -0.2) is 16.4 Å². The van der Waals surface area contributed by atoms with E-state index in [4.69, 9.17) is 15.1 Å². The van der Waals surface area contributed by atoms with Gasteiger partial charge in [-0.3, -0.25) is 0 Å². The molecule has 1 aliphatic heterocycles. The maximum atomic E-state index is 9.89. The second-order valence-electron chi connectivity index (χ2n) is 11.7. The molecule has 0 aliphatic carbocycles. The highest BCUT2D eigenvalue weighted by atomic mass is 15.0. The zero-order chi connectivity index (χ0) is 59.6. The van der Waals surface area contributed by atoms with Crippen LogP contribution in [-0.2, 0) is 0 Å². The maximum absolute atomic E-state index is 9.89. The number of hydrogen-bond donors (Lipinski definition) is 0. The van der Waals surface area contributed by atoms with Crippen LogP contribution in [0.25, 0.3) is 88.4 Å². The van der Waals surface area contributed by atoms with Gasteiger partial charge in [0.1, 0.15) is 0 Å². The summed E-state index contributed by atoms with van der Waals surface area (Å²) in [6.45, 7) is 1.31. The topological polar surface area (TPSA) is 9.86 Å². The van der Waals surface area contributed by atoms with Gasteiger partial charge in [-0.05, 0) is 76.6 Å². The van der Waals surface area contributed by atoms with Crippen LogP contribution in [0.4, 0.5) is 0 Å². The van der Waals surface area contributed by atoms with E-state index >= 15 is 0 Å². The molecule has 8 aromatic carbocycles. The molecular formula is C49H32BN2. The lowest BCUT2D eigenvalue weighted by molar-refractivity contribution is 1.18. The highest BCUT2D eigenvalue weighted by Crippen LogP contribution is 2.43. The van der Waals surface area contributed by atoms with E-state index in [2.05, 4.69) is 0 Å². The summed E-state index contributed by atoms with van der Waals surface area (Å²) in [5, 5.41) is -1.63. The zero-order valence-electron chi connectivity index (χ0n) is 55.5. The zero-order valence-corrected chi connectivity index (χ0v) is 26.5. The monoisotopic (exact) mass is 688 g/mol. The number of para-hydroxylation sites is 2. The van der Waals surface area contributed by atoms with Crippen molar-refractivity contribution in [1.29, 1.82) is 0 Å². The number of fused-ring (bicyclic) bond motifs is 9. The van der Waals surface area contributed by atoms with E-state index in [1.807, 2.05) is 0 Å². The van der Waals surface area contributed by atoms with Crippen molar-refractivity contribution >= 4 is 61.8 Å². The van der Waals surface area contributed by atoms with Crippen molar-refractivity contribution in [1.82, 2.24) is 9.13 Å². The molecule has 11 rings (SSSR count). The average Bonchev–Trinajstić information content (AvgIpc) is 3.24. The van der Waals surface area contributed by atoms with Crippen molar-refractivity contribution < 1.29 is 39.8 Å². The summed E-state index contributed by atoms with van der Waals surface area (Å²) in [6, 6.07) is -24.4. The molecule has 0 N–H and O–H groups in total. The summed E-state index contributed by atoms with van der Waals surface area (Å²) in [4.78, 5) is 0. The van der Waals surface area contributed by atoms with Gasteiger partial charge in [0.15, 0.2) is 7.28 Å². The van der Waals surface area contributed by atoms with Gasteiger partial charge in [0.2, 0.25) is 0 Å². The molecule has 0 amide bonds. The standard InChI is InChI=1S/C49H32BN2/c1-31-10-7-13-36(30-31)34-20-22-35(23-21-34)38-15-9-19-45-48(38)50-41-17-8-16-40-47-44(52(45)49(40)41)29-28-43-46(47)39-14-5-6-18-42(39)51(43)37-26-24-33(25-27-37)32-11-3-2-4-12-32/h2-30H,1H3/i2D,3D,4D,5D,6D,7D,8D,9D,10D,11D,12D,13D,14D,15D,16D,17D,18D,19D,20D,21D,22D,23D,24D,25D,26D,27D,28D,29D,30D. The Morgan fingerprint density at radius 1 is 0.462 bits per heavy atom. The third kappa shape index (κ3) is 4.26. The predicted octanol–water partition coefficient (Wildman–Crippen LogP) is 11.2. The lowest BCUT2D eigenvalue weighted by atomic mass is 9.59. The van der Waals surface area contributed by atoms with Crippen LogP contribution in [0.1, 0.15) is 45.3 Å². The van der Waals surface area contributed by atoms with E-state index in [1.165, 1.54) is 6.92 Å². The van der Waals surface area contributed by atoms with Crippen LogP contribution in [0.3, 0.4) is 0 Å². The SMILES string of the molecule is [2H]c1c([2H])c([2H])c(-c2c([2H])c([2H])c(-n3c4c([2H])c([2H])c([2H])c([2H])c4c4c5c6c([2H])c([2H])c([2H])c7c6n(c5c([2H])c([2H])c43)-c3c([2H])c([2H])c([2H])c(-c4c([2H])c([2H])c(-c5c([2H])c([2H])c([2H])c(C)c5[2H])c([2H])c4[2H])c3[B]7)c([2H])c2[2H])c([2H])c1[2H]. The molecule has 0 fully saturated rings. The van der Waals surface area contributed by atoms with Crippen LogP contribution in [0, 0.1) is 6.92 Å². The normalized spacial score (nSPS) is 19.9. The number of aromatic nitrogens is 2. The lowest BCUT2D eigenvalue weighted by Gasteiger charge is -2.23. The molecular weight excluding hydrogens is 627 g/mol. The molecule has 3 heteroatoms. The minimum atomic E-state index is -1.01. The van der Waals surface area contributed by atoms with Gasteiger partial charge in [0.05, 0.1) is 56.3 Å². The fourth-order valence-electron chi connectivity index (χ4n) is 6.67. The Morgan fingerprint density at radius 2 is 1.08 bits per heavy atom. The Labute approximate surface area is 343 Å². The Hall–Kier alpha value is -6.58. The predicted molar refractivity (Wildman–Crippen MR) is 221 cm³/mol. The van der Waals surface area contributed by atoms with E-state index in [0.29, 0.717) is 0 Å². The molecule has 2 nitrogen and oxygen atoms in total. The third-order valence-electron chi connectivity index (χ3n) is 8.83. The van der Waals surface area contributed by atoms with Crippen LogP contribution < -0.4 is 10.9 Å². The van der Waals surface area contributed by atoms with Crippen LogP contribution >= 0.6 is 0 Å². The summed E-state index contributed by atoms with van der Waals surface area (Å²) in [7, 11) is 1.15. The largest absolute Gasteiger partial charge is 0.310 e. The molecule has 1 radical (unpaired) electrons. The molecule has 241 valence electrons. The van der Waals surface area contributed by atoms with E-state index in [-0.39, 0.29) is 32.8 Å². The molecule has 0 spiro atoms. The number of benzene rings is 8. The summed E-state index contributed by atoms with van der Waals surface area (Å²) >= 11 is 0. The van der Waals surface area contributed by atoms with Crippen molar-refractivity contribution in [2.24, 2.45) is 0 Å². The molecule has 52 heavy (non-hydrogen) atoms. The van der Waals surface area contributed by atoms with Crippen LogP contribution in [0.5, 0.6) is 0 Å². The fourth-order valence-corrected chi connectivity index (χ4v) is 6.67. The number of rotatable bonds is 4. The Bertz CT molecular complexity index is 4610. The molecule has 0 atom stereocenters. The minimum absolute atomic E-state index is 0.101. The van der Waals surface area contributed by atoms with E-state index in [1.54, 1.807) is 0 Å². The van der Waals surface area contributed by atoms with Gasteiger partial charge >= 0.3 is 0 Å². The first-order valence-electron chi connectivity index (χ1n) is 30.2. The molecule has 1 aliphatic rings. The van der Waals surface area contributed by atoms with E-state index < -0.39 is 247 Å². The minimum Gasteiger partial charge on any atom is -0.310 e. The lowest BCUT2D eigenvalue weighted by Crippen LogP contribution is -2.37. The molecule has 0 bridgehead atoms. The first-order valence-corrected chi connectivity index (χ1v) is 15.7. The maximum Gasteiger partial charge on any atom is 0.197 e. The summed E-state index contributed by atoms with van der Waals surface area (Å²) in [5.74, 6) is 0. The summed E-state index contributed by atoms with van der Waals surface area (Å²) < 4.78 is 264. The molecule has 0 saturated carbocycles. The first-order chi connectivity index (χ1) is 37.8. The van der Waals surface area contributed by atoms with Crippen molar-refractivity contribution in [3.63, 3.8) is 0 Å². The van der Waals surface area contributed by atoms with Gasteiger partial charge in [-0.15, -0.1) is 0 Å². The van der Waals surface area contributed by atoms with Crippen molar-refractivity contribution in [3.05, 3.63) is 181 Å². The molecule has 3 heterocycles. The molecule has 0 saturated heterocycles. The second-order valence-corrected chi connectivity index (χ2v) is 11.7. The Morgan fingerprint density at radius 3 is 1.92 bits per heavy atom. The quantitative estimate of drug-likeness (QED) is 0.163. The highest BCUT2D eigenvalue weighted by Gasteiger charge is 2.27.